The van der Waals surface area contributed by atoms with Crippen LogP contribution in [0.25, 0.3) is 10.2 Å². The monoisotopic (exact) mass is 281 g/mol. The molecule has 0 spiro atoms. The van der Waals surface area contributed by atoms with Gasteiger partial charge in [0.25, 0.3) is 0 Å². The van der Waals surface area contributed by atoms with Crippen molar-refractivity contribution in [3.63, 3.8) is 0 Å². The minimum atomic E-state index is 0.168. The second-order valence-corrected chi connectivity index (χ2v) is 5.52. The Bertz CT molecular complexity index is 553. The normalized spacial score (nSPS) is 10.6. The molecule has 1 heterocycles. The number of benzene rings is 1. The van der Waals surface area contributed by atoms with Crippen molar-refractivity contribution in [2.45, 2.75) is 13.3 Å². The Morgan fingerprint density at radius 1 is 1.50 bits per heavy atom. The standard InChI is InChI=1S/C12H15N3OS2/c1-8-14-10-4-3-9(7-11(10)18-8)15-12(17)13-5-2-6-16/h3-4,7,16H,2,5-6H2,1H3,(H2,13,15,17). The van der Waals surface area contributed by atoms with Crippen LogP contribution in [-0.4, -0.2) is 28.4 Å². The second kappa shape index (κ2) is 6.08. The Morgan fingerprint density at radius 2 is 2.33 bits per heavy atom. The number of nitrogens with one attached hydrogen (secondary N) is 2. The summed E-state index contributed by atoms with van der Waals surface area (Å²) < 4.78 is 1.15. The van der Waals surface area contributed by atoms with E-state index in [9.17, 15) is 0 Å². The number of nitrogens with zero attached hydrogens (tertiary/aromatic N) is 1. The molecular weight excluding hydrogens is 266 g/mol. The number of hydrogen-bond acceptors (Lipinski definition) is 4. The molecule has 0 atom stereocenters. The molecule has 0 saturated heterocycles. The van der Waals surface area contributed by atoms with E-state index in [1.807, 2.05) is 25.1 Å². The van der Waals surface area contributed by atoms with Crippen molar-refractivity contribution in [2.75, 3.05) is 18.5 Å². The average molecular weight is 281 g/mol. The van der Waals surface area contributed by atoms with Gasteiger partial charge in [0, 0.05) is 18.8 Å². The molecule has 0 unspecified atom stereocenters. The summed E-state index contributed by atoms with van der Waals surface area (Å²) in [5, 5.41) is 16.5. The Hall–Kier alpha value is -1.24. The van der Waals surface area contributed by atoms with Gasteiger partial charge in [0.2, 0.25) is 0 Å². The highest BCUT2D eigenvalue weighted by molar-refractivity contribution is 7.80. The maximum Gasteiger partial charge on any atom is 0.170 e. The molecule has 0 aliphatic heterocycles. The molecule has 0 amide bonds. The summed E-state index contributed by atoms with van der Waals surface area (Å²) in [7, 11) is 0. The van der Waals surface area contributed by atoms with E-state index in [4.69, 9.17) is 17.3 Å². The maximum atomic E-state index is 8.68. The van der Waals surface area contributed by atoms with Crippen LogP contribution < -0.4 is 10.6 Å². The van der Waals surface area contributed by atoms with Gasteiger partial charge in [-0.3, -0.25) is 0 Å². The van der Waals surface area contributed by atoms with Gasteiger partial charge in [-0.2, -0.15) is 0 Å². The molecule has 18 heavy (non-hydrogen) atoms. The summed E-state index contributed by atoms with van der Waals surface area (Å²) >= 11 is 6.83. The van der Waals surface area contributed by atoms with Crippen molar-refractivity contribution < 1.29 is 5.11 Å². The van der Waals surface area contributed by atoms with Crippen molar-refractivity contribution in [1.29, 1.82) is 0 Å². The number of thiocarbonyl (C=S) groups is 1. The zero-order chi connectivity index (χ0) is 13.0. The van der Waals surface area contributed by atoms with Crippen molar-refractivity contribution in [2.24, 2.45) is 0 Å². The molecule has 0 aliphatic rings. The largest absolute Gasteiger partial charge is 0.396 e. The molecule has 2 aromatic rings. The van der Waals surface area contributed by atoms with Crippen LogP contribution in [0.2, 0.25) is 0 Å². The van der Waals surface area contributed by atoms with E-state index in [-0.39, 0.29) is 6.61 Å². The number of aromatic nitrogens is 1. The highest BCUT2D eigenvalue weighted by Gasteiger charge is 2.02. The van der Waals surface area contributed by atoms with Crippen molar-refractivity contribution in [3.8, 4) is 0 Å². The molecule has 3 N–H and O–H groups in total. The molecule has 4 nitrogen and oxygen atoms in total. The molecule has 1 aromatic heterocycles. The first kappa shape index (κ1) is 13.2. The van der Waals surface area contributed by atoms with Gasteiger partial charge in [-0.25, -0.2) is 4.98 Å². The van der Waals surface area contributed by atoms with Gasteiger partial charge in [-0.1, -0.05) is 0 Å². The van der Waals surface area contributed by atoms with Crippen LogP contribution in [0.15, 0.2) is 18.2 Å². The Morgan fingerprint density at radius 3 is 3.11 bits per heavy atom. The number of thiazole rings is 1. The maximum absolute atomic E-state index is 8.68. The molecule has 0 radical (unpaired) electrons. The van der Waals surface area contributed by atoms with Gasteiger partial charge in [0.15, 0.2) is 5.11 Å². The van der Waals surface area contributed by atoms with Crippen LogP contribution >= 0.6 is 23.6 Å². The molecule has 0 bridgehead atoms. The van der Waals surface area contributed by atoms with Gasteiger partial charge in [0.1, 0.15) is 0 Å². The highest BCUT2D eigenvalue weighted by atomic mass is 32.1. The molecule has 0 fully saturated rings. The number of hydrogen-bond donors (Lipinski definition) is 3. The molecular formula is C12H15N3OS2. The lowest BCUT2D eigenvalue weighted by molar-refractivity contribution is 0.289. The number of aliphatic hydroxyl groups excluding tert-OH is 1. The second-order valence-electron chi connectivity index (χ2n) is 3.87. The van der Waals surface area contributed by atoms with Crippen LogP contribution in [0.1, 0.15) is 11.4 Å². The first-order valence-electron chi connectivity index (χ1n) is 5.72. The predicted octanol–water partition coefficient (Wildman–Crippen LogP) is 2.27. The van der Waals surface area contributed by atoms with Gasteiger partial charge >= 0.3 is 0 Å². The van der Waals surface area contributed by atoms with Crippen molar-refractivity contribution in [3.05, 3.63) is 23.2 Å². The molecule has 96 valence electrons. The zero-order valence-electron chi connectivity index (χ0n) is 10.1. The predicted molar refractivity (Wildman–Crippen MR) is 80.3 cm³/mol. The fraction of sp³-hybridized carbons (Fsp3) is 0.333. The van der Waals surface area contributed by atoms with Crippen LogP contribution in [0.4, 0.5) is 5.69 Å². The fourth-order valence-corrected chi connectivity index (χ4v) is 2.66. The summed E-state index contributed by atoms with van der Waals surface area (Å²) in [6.07, 6.45) is 0.689. The topological polar surface area (TPSA) is 57.2 Å². The number of aliphatic hydroxyl groups is 1. The SMILES string of the molecule is Cc1nc2ccc(NC(=S)NCCCO)cc2s1. The lowest BCUT2D eigenvalue weighted by Crippen LogP contribution is -2.29. The molecule has 6 heteroatoms. The quantitative estimate of drug-likeness (QED) is 0.593. The summed E-state index contributed by atoms with van der Waals surface area (Å²) in [6.45, 7) is 2.84. The van der Waals surface area contributed by atoms with Gasteiger partial charge < -0.3 is 15.7 Å². The van der Waals surface area contributed by atoms with E-state index in [0.29, 0.717) is 18.1 Å². The van der Waals surface area contributed by atoms with Crippen LogP contribution in [0, 0.1) is 6.92 Å². The Kier molecular flexibility index (Phi) is 4.46. The molecule has 0 aliphatic carbocycles. The molecule has 1 aromatic carbocycles. The van der Waals surface area contributed by atoms with E-state index in [1.54, 1.807) is 11.3 Å². The van der Waals surface area contributed by atoms with E-state index in [1.165, 1.54) is 0 Å². The van der Waals surface area contributed by atoms with Gasteiger partial charge in [-0.05, 0) is 43.8 Å². The lowest BCUT2D eigenvalue weighted by Gasteiger charge is -2.09. The lowest BCUT2D eigenvalue weighted by atomic mass is 10.3. The third-order valence-electron chi connectivity index (χ3n) is 2.37. The number of aryl methyl sites for hydroxylation is 1. The first-order chi connectivity index (χ1) is 8.69. The number of rotatable bonds is 4. The first-order valence-corrected chi connectivity index (χ1v) is 6.94. The summed E-state index contributed by atoms with van der Waals surface area (Å²) in [6, 6.07) is 5.99. The van der Waals surface area contributed by atoms with Gasteiger partial charge in [-0.15, -0.1) is 11.3 Å². The molecule has 2 rings (SSSR count). The Labute approximate surface area is 115 Å². The summed E-state index contributed by atoms with van der Waals surface area (Å²) in [5.41, 5.74) is 1.97. The van der Waals surface area contributed by atoms with Crippen molar-refractivity contribution >= 4 is 44.6 Å². The summed E-state index contributed by atoms with van der Waals surface area (Å²) in [5.74, 6) is 0. The molecule has 0 saturated carbocycles. The average Bonchev–Trinajstić information content (AvgIpc) is 2.69. The number of anilines is 1. The van der Waals surface area contributed by atoms with Crippen LogP contribution in [0.3, 0.4) is 0 Å². The minimum Gasteiger partial charge on any atom is -0.396 e. The summed E-state index contributed by atoms with van der Waals surface area (Å²) in [4.78, 5) is 4.41. The fourth-order valence-electron chi connectivity index (χ4n) is 1.57. The highest BCUT2D eigenvalue weighted by Crippen LogP contribution is 2.24. The smallest absolute Gasteiger partial charge is 0.170 e. The number of fused-ring (bicyclic) bond motifs is 1. The van der Waals surface area contributed by atoms with Crippen LogP contribution in [-0.2, 0) is 0 Å². The third kappa shape index (κ3) is 3.38. The Balaban J connectivity index is 2.00. The minimum absolute atomic E-state index is 0.168. The van der Waals surface area contributed by atoms with E-state index in [2.05, 4.69) is 15.6 Å². The van der Waals surface area contributed by atoms with E-state index < -0.39 is 0 Å². The van der Waals surface area contributed by atoms with Crippen molar-refractivity contribution in [1.82, 2.24) is 10.3 Å². The van der Waals surface area contributed by atoms with E-state index in [0.717, 1.165) is 20.9 Å². The van der Waals surface area contributed by atoms with Gasteiger partial charge in [0.05, 0.1) is 15.2 Å². The zero-order valence-corrected chi connectivity index (χ0v) is 11.7. The third-order valence-corrected chi connectivity index (χ3v) is 3.55. The van der Waals surface area contributed by atoms with E-state index >= 15 is 0 Å². The van der Waals surface area contributed by atoms with Crippen LogP contribution in [0.5, 0.6) is 0 Å².